The molecule has 0 unspecified atom stereocenters. The predicted molar refractivity (Wildman–Crippen MR) is 52.8 cm³/mol. The van der Waals surface area contributed by atoms with E-state index in [4.69, 9.17) is 4.74 Å². The van der Waals surface area contributed by atoms with E-state index in [9.17, 15) is 4.79 Å². The van der Waals surface area contributed by atoms with Crippen LogP contribution in [-0.4, -0.2) is 13.4 Å². The standard InChI is InChI=1S/C11H12O2/c1-9-5-6-10(4-3-7-12)11(8-9)13-2/h3-8H,1-2H3. The average Bonchev–Trinajstić information content (AvgIpc) is 2.16. The first-order chi connectivity index (χ1) is 6.27. The summed E-state index contributed by atoms with van der Waals surface area (Å²) >= 11 is 0. The molecule has 0 N–H and O–H groups in total. The molecular formula is C11H12O2. The molecule has 1 rings (SSSR count). The molecule has 0 saturated heterocycles. The van der Waals surface area contributed by atoms with E-state index in [1.807, 2.05) is 25.1 Å². The van der Waals surface area contributed by atoms with Crippen LogP contribution in [0.15, 0.2) is 24.3 Å². The van der Waals surface area contributed by atoms with Crippen LogP contribution in [0.4, 0.5) is 0 Å². The Morgan fingerprint density at radius 3 is 2.77 bits per heavy atom. The molecule has 0 saturated carbocycles. The van der Waals surface area contributed by atoms with Crippen molar-refractivity contribution in [2.45, 2.75) is 6.92 Å². The summed E-state index contributed by atoms with van der Waals surface area (Å²) in [5.41, 5.74) is 2.06. The maximum Gasteiger partial charge on any atom is 0.142 e. The highest BCUT2D eigenvalue weighted by Gasteiger charge is 1.98. The van der Waals surface area contributed by atoms with Crippen molar-refractivity contribution < 1.29 is 9.53 Å². The van der Waals surface area contributed by atoms with E-state index < -0.39 is 0 Å². The third kappa shape index (κ3) is 2.44. The molecular weight excluding hydrogens is 164 g/mol. The fourth-order valence-electron chi connectivity index (χ4n) is 1.10. The highest BCUT2D eigenvalue weighted by atomic mass is 16.5. The molecule has 0 fully saturated rings. The maximum atomic E-state index is 10.1. The van der Waals surface area contributed by atoms with Crippen molar-refractivity contribution in [1.82, 2.24) is 0 Å². The highest BCUT2D eigenvalue weighted by molar-refractivity contribution is 5.75. The molecule has 0 heterocycles. The van der Waals surface area contributed by atoms with Crippen LogP contribution in [0.5, 0.6) is 5.75 Å². The topological polar surface area (TPSA) is 26.3 Å². The zero-order valence-electron chi connectivity index (χ0n) is 7.78. The summed E-state index contributed by atoms with van der Waals surface area (Å²) in [6.07, 6.45) is 3.93. The van der Waals surface area contributed by atoms with E-state index in [-0.39, 0.29) is 0 Å². The molecule has 68 valence electrons. The SMILES string of the molecule is COc1cc(C)ccc1C=CC=O. The van der Waals surface area contributed by atoms with Gasteiger partial charge in [0.25, 0.3) is 0 Å². The Morgan fingerprint density at radius 2 is 2.15 bits per heavy atom. The van der Waals surface area contributed by atoms with Crippen molar-refractivity contribution in [3.63, 3.8) is 0 Å². The molecule has 0 aromatic heterocycles. The van der Waals surface area contributed by atoms with Crippen LogP contribution in [0.1, 0.15) is 11.1 Å². The Morgan fingerprint density at radius 1 is 1.38 bits per heavy atom. The van der Waals surface area contributed by atoms with Gasteiger partial charge in [0.05, 0.1) is 7.11 Å². The van der Waals surface area contributed by atoms with Crippen molar-refractivity contribution in [3.8, 4) is 5.75 Å². The van der Waals surface area contributed by atoms with Gasteiger partial charge < -0.3 is 4.74 Å². The Balaban J connectivity index is 3.05. The molecule has 0 bridgehead atoms. The van der Waals surface area contributed by atoms with E-state index in [0.717, 1.165) is 23.2 Å². The second kappa shape index (κ2) is 4.45. The number of carbonyl (C=O) groups is 1. The van der Waals surface area contributed by atoms with Gasteiger partial charge in [-0.1, -0.05) is 12.1 Å². The lowest BCUT2D eigenvalue weighted by molar-refractivity contribution is -0.104. The molecule has 0 atom stereocenters. The van der Waals surface area contributed by atoms with Crippen LogP contribution in [-0.2, 0) is 4.79 Å². The molecule has 0 aliphatic carbocycles. The number of aldehydes is 1. The largest absolute Gasteiger partial charge is 0.496 e. The summed E-state index contributed by atoms with van der Waals surface area (Å²) in [6.45, 7) is 2.00. The number of carbonyl (C=O) groups excluding carboxylic acids is 1. The molecule has 0 aliphatic heterocycles. The lowest BCUT2D eigenvalue weighted by Crippen LogP contribution is -1.87. The van der Waals surface area contributed by atoms with E-state index in [1.165, 1.54) is 6.08 Å². The van der Waals surface area contributed by atoms with Crippen LogP contribution in [0.2, 0.25) is 0 Å². The lowest BCUT2D eigenvalue weighted by Gasteiger charge is -2.04. The van der Waals surface area contributed by atoms with Crippen LogP contribution >= 0.6 is 0 Å². The van der Waals surface area contributed by atoms with Crippen LogP contribution in [0, 0.1) is 6.92 Å². The molecule has 0 radical (unpaired) electrons. The summed E-state index contributed by atoms with van der Waals surface area (Å²) in [7, 11) is 1.62. The summed E-state index contributed by atoms with van der Waals surface area (Å²) in [5.74, 6) is 0.790. The number of hydrogen-bond acceptors (Lipinski definition) is 2. The second-order valence-electron chi connectivity index (χ2n) is 2.74. The van der Waals surface area contributed by atoms with Crippen molar-refractivity contribution >= 4 is 12.4 Å². The van der Waals surface area contributed by atoms with Gasteiger partial charge in [-0.3, -0.25) is 4.79 Å². The van der Waals surface area contributed by atoms with Gasteiger partial charge in [-0.25, -0.2) is 0 Å². The van der Waals surface area contributed by atoms with Crippen LogP contribution in [0.25, 0.3) is 6.08 Å². The molecule has 1 aromatic carbocycles. The van der Waals surface area contributed by atoms with E-state index in [2.05, 4.69) is 0 Å². The monoisotopic (exact) mass is 176 g/mol. The number of ether oxygens (including phenoxy) is 1. The van der Waals surface area contributed by atoms with Gasteiger partial charge in [0, 0.05) is 5.56 Å². The van der Waals surface area contributed by atoms with Crippen LogP contribution in [0.3, 0.4) is 0 Å². The lowest BCUT2D eigenvalue weighted by atomic mass is 10.1. The summed E-state index contributed by atoms with van der Waals surface area (Å²) in [6, 6.07) is 5.84. The molecule has 13 heavy (non-hydrogen) atoms. The summed E-state index contributed by atoms with van der Waals surface area (Å²) in [5, 5.41) is 0. The zero-order valence-corrected chi connectivity index (χ0v) is 7.78. The molecule has 2 heteroatoms. The van der Waals surface area contributed by atoms with Gasteiger partial charge in [0.1, 0.15) is 12.0 Å². The summed E-state index contributed by atoms with van der Waals surface area (Å²) < 4.78 is 5.16. The van der Waals surface area contributed by atoms with Crippen molar-refractivity contribution in [2.75, 3.05) is 7.11 Å². The summed E-state index contributed by atoms with van der Waals surface area (Å²) in [4.78, 5) is 10.1. The van der Waals surface area contributed by atoms with Gasteiger partial charge in [0.2, 0.25) is 0 Å². The first-order valence-corrected chi connectivity index (χ1v) is 4.04. The van der Waals surface area contributed by atoms with Crippen molar-refractivity contribution in [3.05, 3.63) is 35.4 Å². The smallest absolute Gasteiger partial charge is 0.142 e. The molecule has 0 aliphatic rings. The van der Waals surface area contributed by atoms with E-state index >= 15 is 0 Å². The predicted octanol–water partition coefficient (Wildman–Crippen LogP) is 2.22. The number of hydrogen-bond donors (Lipinski definition) is 0. The number of allylic oxidation sites excluding steroid dienone is 1. The average molecular weight is 176 g/mol. The number of rotatable bonds is 3. The normalized spacial score (nSPS) is 10.3. The van der Waals surface area contributed by atoms with Gasteiger partial charge >= 0.3 is 0 Å². The zero-order chi connectivity index (χ0) is 9.68. The van der Waals surface area contributed by atoms with Gasteiger partial charge in [-0.15, -0.1) is 0 Å². The molecule has 0 spiro atoms. The van der Waals surface area contributed by atoms with Crippen LogP contribution < -0.4 is 4.74 Å². The Hall–Kier alpha value is -1.57. The second-order valence-corrected chi connectivity index (χ2v) is 2.74. The third-order valence-electron chi connectivity index (χ3n) is 1.74. The molecule has 1 aromatic rings. The molecule has 0 amide bonds. The first-order valence-electron chi connectivity index (χ1n) is 4.04. The minimum Gasteiger partial charge on any atom is -0.496 e. The fraction of sp³-hybridized carbons (Fsp3) is 0.182. The quantitative estimate of drug-likeness (QED) is 0.521. The number of methoxy groups -OCH3 is 1. The Kier molecular flexibility index (Phi) is 3.26. The van der Waals surface area contributed by atoms with Crippen molar-refractivity contribution in [2.24, 2.45) is 0 Å². The first kappa shape index (κ1) is 9.52. The van der Waals surface area contributed by atoms with E-state index in [1.54, 1.807) is 13.2 Å². The minimum atomic E-state index is 0.749. The van der Waals surface area contributed by atoms with Gasteiger partial charge in [0.15, 0.2) is 0 Å². The minimum absolute atomic E-state index is 0.749. The number of benzene rings is 1. The van der Waals surface area contributed by atoms with Crippen molar-refractivity contribution in [1.29, 1.82) is 0 Å². The third-order valence-corrected chi connectivity index (χ3v) is 1.74. The van der Waals surface area contributed by atoms with Gasteiger partial charge in [-0.05, 0) is 30.7 Å². The van der Waals surface area contributed by atoms with E-state index in [0.29, 0.717) is 0 Å². The Labute approximate surface area is 77.8 Å². The highest BCUT2D eigenvalue weighted by Crippen LogP contribution is 2.20. The Bertz CT molecular complexity index is 327. The molecule has 2 nitrogen and oxygen atoms in total. The fourth-order valence-corrected chi connectivity index (χ4v) is 1.10. The van der Waals surface area contributed by atoms with Gasteiger partial charge in [-0.2, -0.15) is 0 Å². The number of aryl methyl sites for hydroxylation is 1. The maximum absolute atomic E-state index is 10.1.